The summed E-state index contributed by atoms with van der Waals surface area (Å²) in [7, 11) is 3.99. The number of hydrazine groups is 1. The van der Waals surface area contributed by atoms with Crippen LogP contribution in [0, 0.1) is 0 Å². The fourth-order valence-corrected chi connectivity index (χ4v) is 0.335. The maximum absolute atomic E-state index is 9.00. The van der Waals surface area contributed by atoms with Gasteiger partial charge in [-0.15, -0.1) is 0 Å². The van der Waals surface area contributed by atoms with Crippen molar-refractivity contribution < 1.29 is 9.90 Å². The van der Waals surface area contributed by atoms with Crippen LogP contribution < -0.4 is 5.43 Å². The fourth-order valence-electron chi connectivity index (χ4n) is 0.335. The van der Waals surface area contributed by atoms with Crippen molar-refractivity contribution in [3.8, 4) is 0 Å². The van der Waals surface area contributed by atoms with Gasteiger partial charge < -0.3 is 5.11 Å². The molecule has 0 aliphatic heterocycles. The van der Waals surface area contributed by atoms with E-state index in [0.29, 0.717) is 0 Å². The van der Waals surface area contributed by atoms with E-state index in [1.165, 1.54) is 6.42 Å². The summed E-state index contributed by atoms with van der Waals surface area (Å²) < 4.78 is 0. The predicted octanol–water partition coefficient (Wildman–Crippen LogP) is 0.553. The molecule has 0 amide bonds. The van der Waals surface area contributed by atoms with Crippen LogP contribution in [0.3, 0.4) is 0 Å². The molecule has 0 saturated carbocycles. The fraction of sp³-hybridized carbons (Fsp3) is 0.857. The van der Waals surface area contributed by atoms with Crippen LogP contribution in [0.4, 0.5) is 0 Å². The first-order valence-electron chi connectivity index (χ1n) is 3.61. The number of aliphatic carboxylic acids is 1. The number of rotatable bonds is 3. The number of carboxylic acids is 1. The van der Waals surface area contributed by atoms with Gasteiger partial charge in [0.2, 0.25) is 0 Å². The SMILES string of the molecule is CC(=O)O.CCCNN(C)C. The van der Waals surface area contributed by atoms with E-state index in [0.717, 1.165) is 13.5 Å². The summed E-state index contributed by atoms with van der Waals surface area (Å²) in [6, 6.07) is 0. The monoisotopic (exact) mass is 162 g/mol. The molecule has 0 aliphatic rings. The summed E-state index contributed by atoms with van der Waals surface area (Å²) >= 11 is 0. The van der Waals surface area contributed by atoms with E-state index in [2.05, 4.69) is 12.3 Å². The second-order valence-electron chi connectivity index (χ2n) is 2.32. The normalized spacial score (nSPS) is 8.82. The lowest BCUT2D eigenvalue weighted by molar-refractivity contribution is -0.134. The molecule has 11 heavy (non-hydrogen) atoms. The van der Waals surface area contributed by atoms with Crippen LogP contribution >= 0.6 is 0 Å². The summed E-state index contributed by atoms with van der Waals surface area (Å²) in [5.41, 5.74) is 3.13. The van der Waals surface area contributed by atoms with Crippen molar-refractivity contribution in [1.29, 1.82) is 0 Å². The van der Waals surface area contributed by atoms with Gasteiger partial charge in [0.15, 0.2) is 0 Å². The van der Waals surface area contributed by atoms with Gasteiger partial charge in [0.1, 0.15) is 0 Å². The second kappa shape index (κ2) is 9.39. The van der Waals surface area contributed by atoms with Crippen molar-refractivity contribution in [3.63, 3.8) is 0 Å². The lowest BCUT2D eigenvalue weighted by Crippen LogP contribution is -2.30. The Bertz CT molecular complexity index is 90.4. The highest BCUT2D eigenvalue weighted by Gasteiger charge is 1.80. The van der Waals surface area contributed by atoms with Crippen molar-refractivity contribution in [3.05, 3.63) is 0 Å². The molecule has 0 rings (SSSR count). The second-order valence-corrected chi connectivity index (χ2v) is 2.32. The molecule has 0 aromatic carbocycles. The van der Waals surface area contributed by atoms with E-state index < -0.39 is 5.97 Å². The maximum atomic E-state index is 9.00. The summed E-state index contributed by atoms with van der Waals surface area (Å²) in [6.07, 6.45) is 1.19. The third-order valence-corrected chi connectivity index (χ3v) is 0.678. The number of hydrogen-bond acceptors (Lipinski definition) is 3. The van der Waals surface area contributed by atoms with Crippen LogP contribution in [-0.2, 0) is 4.79 Å². The number of carbonyl (C=O) groups is 1. The van der Waals surface area contributed by atoms with E-state index in [1.54, 1.807) is 0 Å². The molecule has 2 N–H and O–H groups in total. The first-order chi connectivity index (χ1) is 5.00. The largest absolute Gasteiger partial charge is 0.481 e. The predicted molar refractivity (Wildman–Crippen MR) is 45.3 cm³/mol. The molecule has 0 aliphatic carbocycles. The van der Waals surface area contributed by atoms with Gasteiger partial charge >= 0.3 is 0 Å². The lowest BCUT2D eigenvalue weighted by Gasteiger charge is -2.08. The topological polar surface area (TPSA) is 52.6 Å². The van der Waals surface area contributed by atoms with Crippen molar-refractivity contribution >= 4 is 5.97 Å². The molecule has 4 heteroatoms. The third kappa shape index (κ3) is 44.6. The first-order valence-corrected chi connectivity index (χ1v) is 3.61. The third-order valence-electron chi connectivity index (χ3n) is 0.678. The first kappa shape index (κ1) is 13.0. The average Bonchev–Trinajstić information content (AvgIpc) is 1.82. The van der Waals surface area contributed by atoms with Crippen molar-refractivity contribution in [2.75, 3.05) is 20.6 Å². The van der Waals surface area contributed by atoms with Gasteiger partial charge in [-0.05, 0) is 6.42 Å². The van der Waals surface area contributed by atoms with Gasteiger partial charge in [0, 0.05) is 27.6 Å². The van der Waals surface area contributed by atoms with Gasteiger partial charge in [-0.25, -0.2) is 0 Å². The summed E-state index contributed by atoms with van der Waals surface area (Å²) in [5, 5.41) is 9.38. The number of hydrogen-bond donors (Lipinski definition) is 2. The molecular weight excluding hydrogens is 144 g/mol. The molecule has 0 bridgehead atoms. The van der Waals surface area contributed by atoms with Crippen LogP contribution in [0.1, 0.15) is 20.3 Å². The van der Waals surface area contributed by atoms with E-state index in [-0.39, 0.29) is 0 Å². The van der Waals surface area contributed by atoms with Gasteiger partial charge in [-0.2, -0.15) is 0 Å². The zero-order valence-electron chi connectivity index (χ0n) is 7.72. The molecule has 0 fully saturated rings. The number of nitrogens with one attached hydrogen (secondary N) is 1. The molecule has 0 atom stereocenters. The van der Waals surface area contributed by atoms with Crippen molar-refractivity contribution in [1.82, 2.24) is 10.4 Å². The minimum Gasteiger partial charge on any atom is -0.481 e. The van der Waals surface area contributed by atoms with Crippen LogP contribution in [0.25, 0.3) is 0 Å². The molecule has 0 aromatic heterocycles. The summed E-state index contributed by atoms with van der Waals surface area (Å²) in [5.74, 6) is -0.833. The Kier molecular flexibility index (Phi) is 11.1. The van der Waals surface area contributed by atoms with E-state index in [4.69, 9.17) is 9.90 Å². The van der Waals surface area contributed by atoms with E-state index >= 15 is 0 Å². The maximum Gasteiger partial charge on any atom is 0.300 e. The summed E-state index contributed by atoms with van der Waals surface area (Å²) in [4.78, 5) is 9.00. The molecule has 0 spiro atoms. The number of carboxylic acid groups (broad SMARTS) is 1. The molecule has 0 heterocycles. The standard InChI is InChI=1S/C5H14N2.C2H4O2/c1-4-5-6-7(2)3;1-2(3)4/h6H,4-5H2,1-3H3;1H3,(H,3,4). The molecule has 68 valence electrons. The Morgan fingerprint density at radius 2 is 1.91 bits per heavy atom. The zero-order chi connectivity index (χ0) is 9.28. The minimum absolute atomic E-state index is 0.833. The molecule has 0 unspecified atom stereocenters. The Hall–Kier alpha value is -0.610. The van der Waals surface area contributed by atoms with Crippen molar-refractivity contribution in [2.24, 2.45) is 0 Å². The van der Waals surface area contributed by atoms with Gasteiger partial charge in [-0.1, -0.05) is 6.92 Å². The smallest absolute Gasteiger partial charge is 0.300 e. The minimum atomic E-state index is -0.833. The molecule has 4 nitrogen and oxygen atoms in total. The van der Waals surface area contributed by atoms with Crippen LogP contribution in [0.2, 0.25) is 0 Å². The Balaban J connectivity index is 0. The molecule has 0 radical (unpaired) electrons. The molecule has 0 aromatic rings. The van der Waals surface area contributed by atoms with Crippen LogP contribution in [0.15, 0.2) is 0 Å². The highest BCUT2D eigenvalue weighted by Crippen LogP contribution is 1.68. The Morgan fingerprint density at radius 1 is 1.55 bits per heavy atom. The Morgan fingerprint density at radius 3 is 2.00 bits per heavy atom. The van der Waals surface area contributed by atoms with Gasteiger partial charge in [-0.3, -0.25) is 15.2 Å². The molecular formula is C7H18N2O2. The van der Waals surface area contributed by atoms with Crippen molar-refractivity contribution in [2.45, 2.75) is 20.3 Å². The zero-order valence-corrected chi connectivity index (χ0v) is 7.72. The molecule has 0 saturated heterocycles. The number of nitrogens with zero attached hydrogens (tertiary/aromatic N) is 1. The highest BCUT2D eigenvalue weighted by molar-refractivity contribution is 5.62. The lowest BCUT2D eigenvalue weighted by atomic mass is 10.5. The summed E-state index contributed by atoms with van der Waals surface area (Å²) in [6.45, 7) is 4.31. The van der Waals surface area contributed by atoms with Crippen LogP contribution in [0.5, 0.6) is 0 Å². The van der Waals surface area contributed by atoms with E-state index in [1.807, 2.05) is 19.1 Å². The van der Waals surface area contributed by atoms with Gasteiger partial charge in [0.05, 0.1) is 0 Å². The van der Waals surface area contributed by atoms with Gasteiger partial charge in [0.25, 0.3) is 5.97 Å². The quantitative estimate of drug-likeness (QED) is 0.595. The van der Waals surface area contributed by atoms with Crippen LogP contribution in [-0.4, -0.2) is 36.7 Å². The Labute approximate surface area is 68.2 Å². The highest BCUT2D eigenvalue weighted by atomic mass is 16.4. The average molecular weight is 162 g/mol. The van der Waals surface area contributed by atoms with E-state index in [9.17, 15) is 0 Å².